The Kier molecular flexibility index (Phi) is 56.3. The van der Waals surface area contributed by atoms with E-state index in [1.807, 2.05) is 6.08 Å². The third kappa shape index (κ3) is 42.0. The highest BCUT2D eigenvalue weighted by molar-refractivity contribution is 5.76. The van der Waals surface area contributed by atoms with Gasteiger partial charge in [-0.05, 0) is 83.5 Å². The number of unbranched alkanes of at least 4 members (excludes halogenated alkanes) is 32. The van der Waals surface area contributed by atoms with E-state index in [1.165, 1.54) is 148 Å². The summed E-state index contributed by atoms with van der Waals surface area (Å²) < 4.78 is 34.4. The van der Waals surface area contributed by atoms with Gasteiger partial charge in [0.25, 0.3) is 0 Å². The molecule has 3 rings (SSSR count). The summed E-state index contributed by atoms with van der Waals surface area (Å²) in [6.45, 7) is 1.62. The summed E-state index contributed by atoms with van der Waals surface area (Å²) >= 11 is 0. The van der Waals surface area contributed by atoms with Crippen LogP contribution in [0, 0.1) is 0 Å². The van der Waals surface area contributed by atoms with Crippen LogP contribution in [0.2, 0.25) is 0 Å². The highest BCUT2D eigenvalue weighted by Gasteiger charge is 2.54. The van der Waals surface area contributed by atoms with Crippen molar-refractivity contribution in [1.82, 2.24) is 5.32 Å². The first kappa shape index (κ1) is 91.9. The van der Waals surface area contributed by atoms with E-state index in [1.54, 1.807) is 6.08 Å². The van der Waals surface area contributed by atoms with Crippen LogP contribution in [0.3, 0.4) is 0 Å². The summed E-state index contributed by atoms with van der Waals surface area (Å²) in [6, 6.07) is -1.00. The summed E-state index contributed by atoms with van der Waals surface area (Å²) in [5.74, 6) is -0.295. The molecule has 584 valence electrons. The molecule has 0 radical (unpaired) electrons. The Balaban J connectivity index is 1.40. The zero-order valence-corrected chi connectivity index (χ0v) is 62.4. The van der Waals surface area contributed by atoms with Crippen LogP contribution in [0.25, 0.3) is 0 Å². The summed E-state index contributed by atoms with van der Waals surface area (Å²) in [7, 11) is 0. The number of allylic oxidation sites excluding steroid dienone is 15. The van der Waals surface area contributed by atoms with Crippen molar-refractivity contribution in [3.05, 3.63) is 97.2 Å². The number of hydrogen-bond acceptors (Lipinski definition) is 18. The van der Waals surface area contributed by atoms with Gasteiger partial charge in [0.05, 0.1) is 38.6 Å². The van der Waals surface area contributed by atoms with Crippen molar-refractivity contribution in [3.63, 3.8) is 0 Å². The quantitative estimate of drug-likeness (QED) is 0.0199. The fraction of sp³-hybridized carbons (Fsp3) is 0.793. The lowest BCUT2D eigenvalue weighted by Crippen LogP contribution is -2.66. The van der Waals surface area contributed by atoms with Crippen molar-refractivity contribution in [2.75, 3.05) is 26.4 Å². The number of nitrogens with one attached hydrogen (secondary N) is 1. The number of hydrogen-bond donors (Lipinski definition) is 12. The first-order valence-electron chi connectivity index (χ1n) is 40.0. The molecule has 3 fully saturated rings. The maximum Gasteiger partial charge on any atom is 0.220 e. The van der Waals surface area contributed by atoms with Gasteiger partial charge < -0.3 is 89.9 Å². The zero-order chi connectivity index (χ0) is 73.2. The van der Waals surface area contributed by atoms with Gasteiger partial charge in [0.15, 0.2) is 18.9 Å². The van der Waals surface area contributed by atoms with Crippen molar-refractivity contribution in [2.45, 2.75) is 388 Å². The van der Waals surface area contributed by atoms with E-state index in [0.717, 1.165) is 103 Å². The Morgan fingerprint density at radius 1 is 0.366 bits per heavy atom. The normalized spacial score (nSPS) is 26.8. The average Bonchev–Trinajstić information content (AvgIpc) is 0.782. The lowest BCUT2D eigenvalue weighted by atomic mass is 9.96. The molecule has 3 aliphatic heterocycles. The first-order valence-corrected chi connectivity index (χ1v) is 40.0. The molecule has 0 aromatic heterocycles. The molecule has 101 heavy (non-hydrogen) atoms. The molecule has 0 saturated carbocycles. The van der Waals surface area contributed by atoms with Crippen LogP contribution in [-0.2, 0) is 33.2 Å². The predicted molar refractivity (Wildman–Crippen MR) is 401 cm³/mol. The molecule has 12 N–H and O–H groups in total. The highest BCUT2D eigenvalue weighted by Crippen LogP contribution is 2.33. The molecule has 19 heteroatoms. The van der Waals surface area contributed by atoms with Gasteiger partial charge in [0, 0.05) is 6.42 Å². The van der Waals surface area contributed by atoms with Gasteiger partial charge >= 0.3 is 0 Å². The number of carbonyl (C=O) groups excluding carboxylic acids is 1. The van der Waals surface area contributed by atoms with Crippen LogP contribution >= 0.6 is 0 Å². The molecule has 17 atom stereocenters. The minimum atomic E-state index is -1.99. The van der Waals surface area contributed by atoms with Crippen LogP contribution in [0.1, 0.15) is 284 Å². The fourth-order valence-electron chi connectivity index (χ4n) is 13.0. The molecule has 0 spiro atoms. The van der Waals surface area contributed by atoms with E-state index in [9.17, 15) is 61.0 Å². The van der Waals surface area contributed by atoms with Crippen molar-refractivity contribution >= 4 is 5.91 Å². The molecule has 0 bridgehead atoms. The minimum Gasteiger partial charge on any atom is -0.394 e. The Labute approximate surface area is 609 Å². The molecule has 3 saturated heterocycles. The highest BCUT2D eigenvalue weighted by atomic mass is 16.8. The Hall–Kier alpha value is -3.29. The largest absolute Gasteiger partial charge is 0.394 e. The summed E-state index contributed by atoms with van der Waals surface area (Å²) in [5, 5.41) is 121. The van der Waals surface area contributed by atoms with E-state index in [-0.39, 0.29) is 18.9 Å². The van der Waals surface area contributed by atoms with E-state index < -0.39 is 124 Å². The van der Waals surface area contributed by atoms with Gasteiger partial charge in [-0.2, -0.15) is 0 Å². The summed E-state index contributed by atoms with van der Waals surface area (Å²) in [6.07, 6.45) is 56.7. The maximum absolute atomic E-state index is 13.5. The topological polar surface area (TPSA) is 307 Å². The van der Waals surface area contributed by atoms with Gasteiger partial charge in [0.2, 0.25) is 5.91 Å². The average molecular weight is 1430 g/mol. The lowest BCUT2D eigenvalue weighted by Gasteiger charge is -2.48. The first-order chi connectivity index (χ1) is 49.3. The minimum absolute atomic E-state index is 0.220. The molecule has 1 amide bonds. The Morgan fingerprint density at radius 2 is 0.693 bits per heavy atom. The van der Waals surface area contributed by atoms with Gasteiger partial charge in [-0.25, -0.2) is 0 Å². The Bertz CT molecular complexity index is 2200. The number of rotatable bonds is 62. The van der Waals surface area contributed by atoms with Gasteiger partial charge in [-0.1, -0.05) is 291 Å². The number of ether oxygens (including phenoxy) is 6. The molecule has 0 aromatic rings. The van der Waals surface area contributed by atoms with E-state index in [0.29, 0.717) is 12.8 Å². The van der Waals surface area contributed by atoms with Crippen LogP contribution in [0.5, 0.6) is 0 Å². The standard InChI is InChI=1S/C82H143NO18/c1-3-5-7-9-11-13-15-17-19-21-23-25-27-29-31-32-34-35-37-39-41-43-45-47-49-51-53-55-57-59-66(87)65(83-70(88)60-58-56-54-52-50-48-46-44-42-40-38-36-33-30-28-26-24-22-20-18-16-14-12-10-8-6-4-2)64-96-80-76(94)73(91)78(68(62-85)98-80)101-82-77(95)74(92)79(69(63-86)99-82)100-81-75(93)72(90)71(89)67(61-84)97-81/h6,8,12,14,18,20,24,26,30,33,38,40,49,51,57,59,65-69,71-82,84-87,89-95H,3-5,7,9-11,13,15-17,19,21-23,25,27-29,31-32,34-37,39,41-48,50,52-56,58,60-64H2,1-2H3,(H,83,88)/b8-6-,14-12-,20-18-,26-24-,33-30-,40-38-,51-49+,59-57+. The number of aliphatic hydroxyl groups is 11. The fourth-order valence-corrected chi connectivity index (χ4v) is 13.0. The van der Waals surface area contributed by atoms with E-state index in [2.05, 4.69) is 104 Å². The maximum atomic E-state index is 13.5. The lowest BCUT2D eigenvalue weighted by molar-refractivity contribution is -0.379. The zero-order valence-electron chi connectivity index (χ0n) is 62.4. The summed E-state index contributed by atoms with van der Waals surface area (Å²) in [4.78, 5) is 13.5. The third-order valence-corrected chi connectivity index (χ3v) is 19.4. The molecule has 17 unspecified atom stereocenters. The molecule has 19 nitrogen and oxygen atoms in total. The molecular formula is C82H143NO18. The van der Waals surface area contributed by atoms with Crippen molar-refractivity contribution in [3.8, 4) is 0 Å². The second kappa shape index (κ2) is 61.8. The van der Waals surface area contributed by atoms with E-state index >= 15 is 0 Å². The smallest absolute Gasteiger partial charge is 0.220 e. The predicted octanol–water partition coefficient (Wildman–Crippen LogP) is 13.2. The number of amides is 1. The SMILES string of the molecule is CC/C=C\C/C=C\C/C=C\C/C=C\C/C=C\C/C=C\CCCCCCCCCCC(=O)NC(COC1OC(CO)C(OC2OC(CO)C(OC3OC(CO)C(O)C(O)C3O)C(O)C2O)C(O)C1O)C(O)/C=C/CC/C=C/CCCCCCCCCCCCCCCCCCCCCCCCC. The van der Waals surface area contributed by atoms with Crippen LogP contribution in [0.15, 0.2) is 97.2 Å². The van der Waals surface area contributed by atoms with Crippen molar-refractivity contribution in [1.29, 1.82) is 0 Å². The molecule has 3 heterocycles. The molecule has 3 aliphatic rings. The molecule has 0 aromatic carbocycles. The monoisotopic (exact) mass is 1430 g/mol. The third-order valence-electron chi connectivity index (χ3n) is 19.4. The van der Waals surface area contributed by atoms with E-state index in [4.69, 9.17) is 28.4 Å². The van der Waals surface area contributed by atoms with Crippen LogP contribution in [-0.4, -0.2) is 193 Å². The number of carbonyl (C=O) groups is 1. The van der Waals surface area contributed by atoms with Crippen LogP contribution in [0.4, 0.5) is 0 Å². The molecule has 0 aliphatic carbocycles. The van der Waals surface area contributed by atoms with Gasteiger partial charge in [-0.3, -0.25) is 4.79 Å². The Morgan fingerprint density at radius 3 is 1.11 bits per heavy atom. The number of aliphatic hydroxyl groups excluding tert-OH is 11. The van der Waals surface area contributed by atoms with Crippen molar-refractivity contribution in [2.24, 2.45) is 0 Å². The van der Waals surface area contributed by atoms with Gasteiger partial charge in [-0.15, -0.1) is 0 Å². The second-order valence-electron chi connectivity index (χ2n) is 28.1. The van der Waals surface area contributed by atoms with Crippen LogP contribution < -0.4 is 5.32 Å². The molecular weight excluding hydrogens is 1290 g/mol. The second-order valence-corrected chi connectivity index (χ2v) is 28.1. The van der Waals surface area contributed by atoms with Crippen molar-refractivity contribution < 1.29 is 89.4 Å². The van der Waals surface area contributed by atoms with Gasteiger partial charge in [0.1, 0.15) is 73.2 Å². The summed E-state index contributed by atoms with van der Waals surface area (Å²) in [5.41, 5.74) is 0.